The van der Waals surface area contributed by atoms with Gasteiger partial charge in [-0.1, -0.05) is 6.07 Å². The molecule has 2 aromatic heterocycles. The fourth-order valence-corrected chi connectivity index (χ4v) is 6.75. The van der Waals surface area contributed by atoms with Gasteiger partial charge >= 0.3 is 6.18 Å². The van der Waals surface area contributed by atoms with E-state index in [-0.39, 0.29) is 36.9 Å². The van der Waals surface area contributed by atoms with Crippen molar-refractivity contribution >= 4 is 26.5 Å². The van der Waals surface area contributed by atoms with E-state index < -0.39 is 44.9 Å². The maximum atomic E-state index is 15.2. The van der Waals surface area contributed by atoms with Crippen LogP contribution < -0.4 is 9.46 Å². The number of thiazole rings is 1. The lowest BCUT2D eigenvalue weighted by molar-refractivity contribution is -0.192. The van der Waals surface area contributed by atoms with E-state index in [1.165, 1.54) is 12.4 Å². The highest BCUT2D eigenvalue weighted by Crippen LogP contribution is 2.48. The van der Waals surface area contributed by atoms with Crippen molar-refractivity contribution in [3.63, 3.8) is 0 Å². The number of nitrogens with one attached hydrogen (secondary N) is 1. The number of likely N-dealkylation sites (tertiary alicyclic amines) is 1. The first kappa shape index (κ1) is 24.9. The SMILES string of the molecule is O=S(=O)(Nc1nccs1)c1cc2c(cc1F)[C@@H](N1CCC(C(F)(F)F)C[C@H]1c1ccccn1)CCO2. The molecule has 0 radical (unpaired) electrons. The van der Waals surface area contributed by atoms with Crippen molar-refractivity contribution < 1.29 is 30.7 Å². The minimum atomic E-state index is -4.33. The lowest BCUT2D eigenvalue weighted by Crippen LogP contribution is -2.44. The molecular formula is C23H22F4N4O3S2. The van der Waals surface area contributed by atoms with Gasteiger partial charge in [0.1, 0.15) is 16.5 Å². The van der Waals surface area contributed by atoms with Crippen molar-refractivity contribution in [2.45, 2.75) is 42.4 Å². The molecule has 1 fully saturated rings. The number of piperidine rings is 1. The van der Waals surface area contributed by atoms with Crippen LogP contribution in [-0.4, -0.2) is 42.6 Å². The number of pyridine rings is 1. The Morgan fingerprint density at radius 1 is 1.11 bits per heavy atom. The number of ether oxygens (including phenoxy) is 1. The van der Waals surface area contributed by atoms with Gasteiger partial charge in [0.05, 0.1) is 24.3 Å². The lowest BCUT2D eigenvalue weighted by atomic mass is 9.85. The van der Waals surface area contributed by atoms with Gasteiger partial charge in [-0.3, -0.25) is 14.6 Å². The molecule has 3 aromatic rings. The minimum absolute atomic E-state index is 0.0911. The number of nitrogens with zero attached hydrogens (tertiary/aromatic N) is 3. The Balaban J connectivity index is 1.49. The van der Waals surface area contributed by atoms with Crippen LogP contribution in [0.1, 0.15) is 42.6 Å². The highest BCUT2D eigenvalue weighted by atomic mass is 32.2. The number of sulfonamides is 1. The van der Waals surface area contributed by atoms with Crippen LogP contribution in [0.3, 0.4) is 0 Å². The van der Waals surface area contributed by atoms with E-state index in [1.54, 1.807) is 23.6 Å². The molecule has 1 aromatic carbocycles. The standard InChI is InChI=1S/C23H22F4N4O3S2/c24-16-12-15-18(5-9-34-20(15)13-21(16)36(32,33)30-22-29-7-10-35-22)31-8-4-14(23(25,26)27)11-19(31)17-3-1-2-6-28-17/h1-3,6-7,10,12-14,18-19H,4-5,8-9,11H2,(H,29,30)/t14?,18-,19-/m0/s1. The molecule has 192 valence electrons. The second kappa shape index (κ2) is 9.60. The summed E-state index contributed by atoms with van der Waals surface area (Å²) in [5.41, 5.74) is 0.908. The topological polar surface area (TPSA) is 84.4 Å². The van der Waals surface area contributed by atoms with Crippen LogP contribution in [-0.2, 0) is 10.0 Å². The number of anilines is 1. The van der Waals surface area contributed by atoms with Crippen LogP contribution in [0.4, 0.5) is 22.7 Å². The van der Waals surface area contributed by atoms with Crippen LogP contribution in [0, 0.1) is 11.7 Å². The van der Waals surface area contributed by atoms with E-state index in [4.69, 9.17) is 4.74 Å². The molecule has 2 aliphatic rings. The number of fused-ring (bicyclic) bond motifs is 1. The van der Waals surface area contributed by atoms with Crippen LogP contribution in [0.2, 0.25) is 0 Å². The van der Waals surface area contributed by atoms with E-state index in [9.17, 15) is 21.6 Å². The zero-order chi connectivity index (χ0) is 25.5. The van der Waals surface area contributed by atoms with Crippen molar-refractivity contribution in [1.82, 2.24) is 14.9 Å². The molecule has 36 heavy (non-hydrogen) atoms. The average molecular weight is 543 g/mol. The molecule has 0 aliphatic carbocycles. The molecule has 1 N–H and O–H groups in total. The number of hydrogen-bond acceptors (Lipinski definition) is 7. The average Bonchev–Trinajstić information content (AvgIpc) is 3.35. The molecule has 1 saturated heterocycles. The third-order valence-corrected chi connectivity index (χ3v) is 8.72. The second-order valence-electron chi connectivity index (χ2n) is 8.69. The molecule has 0 spiro atoms. The Hall–Kier alpha value is -2.77. The first-order valence-electron chi connectivity index (χ1n) is 11.3. The van der Waals surface area contributed by atoms with E-state index in [0.717, 1.165) is 23.5 Å². The van der Waals surface area contributed by atoms with Crippen molar-refractivity contribution in [3.8, 4) is 5.75 Å². The number of aromatic nitrogens is 2. The Morgan fingerprint density at radius 2 is 1.94 bits per heavy atom. The highest BCUT2D eigenvalue weighted by molar-refractivity contribution is 7.93. The molecule has 0 saturated carbocycles. The van der Waals surface area contributed by atoms with Crippen molar-refractivity contribution in [2.24, 2.45) is 5.92 Å². The second-order valence-corrected chi connectivity index (χ2v) is 11.2. The number of alkyl halides is 3. The predicted octanol–water partition coefficient (Wildman–Crippen LogP) is 5.32. The molecule has 3 atom stereocenters. The third kappa shape index (κ3) is 4.91. The van der Waals surface area contributed by atoms with Gasteiger partial charge in [-0.25, -0.2) is 17.8 Å². The summed E-state index contributed by atoms with van der Waals surface area (Å²) in [5.74, 6) is -2.26. The maximum absolute atomic E-state index is 15.2. The zero-order valence-electron chi connectivity index (χ0n) is 18.8. The molecule has 1 unspecified atom stereocenters. The van der Waals surface area contributed by atoms with Crippen molar-refractivity contribution in [3.05, 3.63) is 65.2 Å². The summed E-state index contributed by atoms with van der Waals surface area (Å²) >= 11 is 1.05. The van der Waals surface area contributed by atoms with E-state index in [0.29, 0.717) is 17.7 Å². The summed E-state index contributed by atoms with van der Waals surface area (Å²) in [6, 6.07) is 6.25. The van der Waals surface area contributed by atoms with Crippen molar-refractivity contribution in [2.75, 3.05) is 17.9 Å². The van der Waals surface area contributed by atoms with Gasteiger partial charge in [0.15, 0.2) is 5.13 Å². The fourth-order valence-electron chi connectivity index (χ4n) is 4.88. The summed E-state index contributed by atoms with van der Waals surface area (Å²) in [5, 5.41) is 1.67. The molecule has 0 amide bonds. The third-order valence-electron chi connectivity index (χ3n) is 6.55. The van der Waals surface area contributed by atoms with Gasteiger partial charge in [0.25, 0.3) is 10.0 Å². The van der Waals surface area contributed by atoms with Gasteiger partial charge in [0, 0.05) is 48.4 Å². The molecule has 5 rings (SSSR count). The largest absolute Gasteiger partial charge is 0.493 e. The normalized spacial score (nSPS) is 23.1. The number of rotatable bonds is 5. The summed E-state index contributed by atoms with van der Waals surface area (Å²) in [6.07, 6.45) is -1.22. The smallest absolute Gasteiger partial charge is 0.391 e. The molecule has 2 aliphatic heterocycles. The molecule has 0 bridgehead atoms. The summed E-state index contributed by atoms with van der Waals surface area (Å²) in [4.78, 5) is 9.49. The maximum Gasteiger partial charge on any atom is 0.391 e. The first-order chi connectivity index (χ1) is 17.1. The molecular weight excluding hydrogens is 520 g/mol. The van der Waals surface area contributed by atoms with E-state index in [2.05, 4.69) is 14.7 Å². The fraction of sp³-hybridized carbons (Fsp3) is 0.391. The predicted molar refractivity (Wildman–Crippen MR) is 125 cm³/mol. The number of benzene rings is 1. The minimum Gasteiger partial charge on any atom is -0.493 e. The quantitative estimate of drug-likeness (QED) is 0.440. The Kier molecular flexibility index (Phi) is 6.64. The number of halogens is 4. The van der Waals surface area contributed by atoms with Crippen LogP contribution in [0.25, 0.3) is 0 Å². The highest BCUT2D eigenvalue weighted by Gasteiger charge is 2.47. The molecule has 13 heteroatoms. The zero-order valence-corrected chi connectivity index (χ0v) is 20.4. The first-order valence-corrected chi connectivity index (χ1v) is 13.6. The Bertz CT molecular complexity index is 1320. The Labute approximate surface area is 209 Å². The van der Waals surface area contributed by atoms with Gasteiger partial charge in [-0.05, 0) is 31.0 Å². The summed E-state index contributed by atoms with van der Waals surface area (Å²) < 4.78 is 89.6. The van der Waals surface area contributed by atoms with E-state index in [1.807, 2.05) is 4.90 Å². The van der Waals surface area contributed by atoms with Gasteiger partial charge < -0.3 is 4.74 Å². The van der Waals surface area contributed by atoms with Crippen molar-refractivity contribution in [1.29, 1.82) is 0 Å². The lowest BCUT2D eigenvalue weighted by Gasteiger charge is -2.45. The van der Waals surface area contributed by atoms with Crippen LogP contribution in [0.5, 0.6) is 5.75 Å². The molecule has 7 nitrogen and oxygen atoms in total. The van der Waals surface area contributed by atoms with Crippen LogP contribution >= 0.6 is 11.3 Å². The monoisotopic (exact) mass is 542 g/mol. The summed E-state index contributed by atoms with van der Waals surface area (Å²) in [6.45, 7) is 0.333. The molecule has 4 heterocycles. The van der Waals surface area contributed by atoms with Gasteiger partial charge in [-0.15, -0.1) is 11.3 Å². The van der Waals surface area contributed by atoms with Gasteiger partial charge in [0.2, 0.25) is 0 Å². The number of hydrogen-bond donors (Lipinski definition) is 1. The van der Waals surface area contributed by atoms with Gasteiger partial charge in [-0.2, -0.15) is 13.2 Å². The Morgan fingerprint density at radius 3 is 2.64 bits per heavy atom. The van der Waals surface area contributed by atoms with E-state index >= 15 is 4.39 Å². The van der Waals surface area contributed by atoms with Crippen LogP contribution in [0.15, 0.2) is 53.0 Å². The summed E-state index contributed by atoms with van der Waals surface area (Å²) in [7, 11) is -4.27.